The van der Waals surface area contributed by atoms with Gasteiger partial charge >= 0.3 is 9.28 Å². The van der Waals surface area contributed by atoms with Crippen molar-refractivity contribution in [2.45, 2.75) is 104 Å². The van der Waals surface area contributed by atoms with Gasteiger partial charge in [0.15, 0.2) is 0 Å². The van der Waals surface area contributed by atoms with E-state index in [0.29, 0.717) is 0 Å². The minimum Gasteiger partial charge on any atom is -0.394 e. The molecule has 2 fully saturated rings. The Balaban J connectivity index is 2.36. The molecule has 2 nitrogen and oxygen atoms in total. The van der Waals surface area contributed by atoms with E-state index < -0.39 is 9.28 Å². The summed E-state index contributed by atoms with van der Waals surface area (Å²) in [6.07, 6.45) is 18.0. The van der Waals surface area contributed by atoms with Gasteiger partial charge in [-0.3, -0.25) is 0 Å². The fourth-order valence-electron chi connectivity index (χ4n) is 4.95. The molecule has 0 aromatic carbocycles. The van der Waals surface area contributed by atoms with Gasteiger partial charge in [-0.15, -0.1) is 0 Å². The molecule has 0 bridgehead atoms. The molecule has 3 heteroatoms. The minimum absolute atomic E-state index is 0.761. The second-order valence-electron chi connectivity index (χ2n) is 8.00. The summed E-state index contributed by atoms with van der Waals surface area (Å²) in [6.45, 7) is 8.23. The highest BCUT2D eigenvalue weighted by Gasteiger charge is 2.33. The van der Waals surface area contributed by atoms with Gasteiger partial charge in [0.05, 0.1) is 0 Å². The highest BCUT2D eigenvalue weighted by atomic mass is 28.3. The largest absolute Gasteiger partial charge is 0.394 e. The lowest BCUT2D eigenvalue weighted by atomic mass is 9.78. The van der Waals surface area contributed by atoms with E-state index in [4.69, 9.17) is 8.85 Å². The maximum atomic E-state index is 6.31. The van der Waals surface area contributed by atoms with Crippen LogP contribution in [0.4, 0.5) is 0 Å². The third-order valence-corrected chi connectivity index (χ3v) is 8.83. The van der Waals surface area contributed by atoms with Crippen molar-refractivity contribution >= 4 is 9.28 Å². The van der Waals surface area contributed by atoms with Crippen molar-refractivity contribution in [3.63, 3.8) is 0 Å². The molecule has 0 aromatic rings. The van der Waals surface area contributed by atoms with Gasteiger partial charge in [0.2, 0.25) is 0 Å². The molecule has 0 unspecified atom stereocenters. The van der Waals surface area contributed by atoms with Gasteiger partial charge in [-0.05, 0) is 69.4 Å². The van der Waals surface area contributed by atoms with Crippen LogP contribution in [0.2, 0.25) is 0 Å². The van der Waals surface area contributed by atoms with E-state index in [1.807, 2.05) is 5.57 Å². The smallest absolute Gasteiger partial charge is 0.351 e. The fourth-order valence-corrected chi connectivity index (χ4v) is 7.41. The van der Waals surface area contributed by atoms with E-state index in [-0.39, 0.29) is 0 Å². The van der Waals surface area contributed by atoms with Gasteiger partial charge < -0.3 is 8.85 Å². The van der Waals surface area contributed by atoms with Gasteiger partial charge in [-0.25, -0.2) is 0 Å². The van der Waals surface area contributed by atoms with Crippen LogP contribution < -0.4 is 0 Å². The van der Waals surface area contributed by atoms with Crippen molar-refractivity contribution in [2.24, 2.45) is 11.8 Å². The Morgan fingerprint density at radius 2 is 1.28 bits per heavy atom. The standard InChI is InChI=1S/C22H42O2Si/c1-4-7-18-21(19-14-10-8-11-15-19)22(20-16-12-9-13-17-20)25(23-5-2)24-6-3/h19-20,25H,4-18H2,1-3H3. The van der Waals surface area contributed by atoms with E-state index in [2.05, 4.69) is 20.8 Å². The van der Waals surface area contributed by atoms with Gasteiger partial charge in [0.25, 0.3) is 0 Å². The molecule has 0 N–H and O–H groups in total. The lowest BCUT2D eigenvalue weighted by molar-refractivity contribution is 0.213. The second kappa shape index (κ2) is 12.3. The van der Waals surface area contributed by atoms with E-state index in [1.54, 1.807) is 5.20 Å². The van der Waals surface area contributed by atoms with Gasteiger partial charge in [-0.1, -0.05) is 57.4 Å². The molecule has 2 aliphatic carbocycles. The van der Waals surface area contributed by atoms with Crippen molar-refractivity contribution in [1.29, 1.82) is 0 Å². The van der Waals surface area contributed by atoms with Crippen LogP contribution in [0.15, 0.2) is 10.8 Å². The summed E-state index contributed by atoms with van der Waals surface area (Å²) in [5.41, 5.74) is 1.81. The Bertz CT molecular complexity index is 375. The molecular weight excluding hydrogens is 324 g/mol. The van der Waals surface area contributed by atoms with Crippen molar-refractivity contribution in [3.8, 4) is 0 Å². The Kier molecular flexibility index (Phi) is 10.4. The van der Waals surface area contributed by atoms with Crippen molar-refractivity contribution < 1.29 is 8.85 Å². The minimum atomic E-state index is -1.71. The predicted molar refractivity (Wildman–Crippen MR) is 110 cm³/mol. The van der Waals surface area contributed by atoms with E-state index >= 15 is 0 Å². The van der Waals surface area contributed by atoms with Crippen LogP contribution in [-0.4, -0.2) is 22.5 Å². The quantitative estimate of drug-likeness (QED) is 0.413. The Morgan fingerprint density at radius 3 is 1.76 bits per heavy atom. The monoisotopic (exact) mass is 366 g/mol. The summed E-state index contributed by atoms with van der Waals surface area (Å²) in [4.78, 5) is 0. The molecular formula is C22H42O2Si. The molecule has 2 saturated carbocycles. The molecule has 0 atom stereocenters. The van der Waals surface area contributed by atoms with Crippen molar-refractivity contribution in [2.75, 3.05) is 13.2 Å². The molecule has 2 rings (SSSR count). The maximum Gasteiger partial charge on any atom is 0.351 e. The van der Waals surface area contributed by atoms with E-state index in [1.165, 1.54) is 83.5 Å². The molecule has 25 heavy (non-hydrogen) atoms. The predicted octanol–water partition coefficient (Wildman–Crippen LogP) is 6.47. The topological polar surface area (TPSA) is 18.5 Å². The SMILES string of the molecule is CCCCC(=C(C1CCCCC1)[SiH](OCC)OCC)C1CCCCC1. The summed E-state index contributed by atoms with van der Waals surface area (Å²) in [5, 5.41) is 1.73. The number of allylic oxidation sites excluding steroid dienone is 2. The summed E-state index contributed by atoms with van der Waals surface area (Å²) in [7, 11) is -1.71. The van der Waals surface area contributed by atoms with E-state index in [9.17, 15) is 0 Å². The van der Waals surface area contributed by atoms with Crippen LogP contribution in [0, 0.1) is 11.8 Å². The summed E-state index contributed by atoms with van der Waals surface area (Å²) >= 11 is 0. The molecule has 0 saturated heterocycles. The first-order valence-corrected chi connectivity index (χ1v) is 12.8. The second-order valence-corrected chi connectivity index (χ2v) is 9.95. The zero-order valence-electron chi connectivity index (χ0n) is 17.2. The normalized spacial score (nSPS) is 21.6. The molecule has 0 aliphatic heterocycles. The Labute approximate surface area is 158 Å². The lowest BCUT2D eigenvalue weighted by Crippen LogP contribution is -2.34. The van der Waals surface area contributed by atoms with Crippen LogP contribution in [0.1, 0.15) is 104 Å². The zero-order chi connectivity index (χ0) is 17.9. The first-order chi connectivity index (χ1) is 12.3. The Morgan fingerprint density at radius 1 is 0.760 bits per heavy atom. The number of unbranched alkanes of at least 4 members (excludes halogenated alkanes) is 1. The molecule has 0 amide bonds. The van der Waals surface area contributed by atoms with Crippen LogP contribution >= 0.6 is 0 Å². The van der Waals surface area contributed by atoms with Crippen LogP contribution in [0.25, 0.3) is 0 Å². The van der Waals surface area contributed by atoms with Gasteiger partial charge in [0.1, 0.15) is 0 Å². The van der Waals surface area contributed by atoms with Crippen LogP contribution in [-0.2, 0) is 8.85 Å². The molecule has 0 aromatic heterocycles. The molecule has 0 heterocycles. The molecule has 2 aliphatic rings. The number of hydrogen-bond donors (Lipinski definition) is 0. The first-order valence-electron chi connectivity index (χ1n) is 11.3. The summed E-state index contributed by atoms with van der Waals surface area (Å²) < 4.78 is 12.6. The molecule has 0 radical (unpaired) electrons. The van der Waals surface area contributed by atoms with Crippen molar-refractivity contribution in [1.82, 2.24) is 0 Å². The van der Waals surface area contributed by atoms with Gasteiger partial charge in [0, 0.05) is 13.2 Å². The fraction of sp³-hybridized carbons (Fsp3) is 0.909. The average Bonchev–Trinajstić information content (AvgIpc) is 2.66. The molecule has 0 spiro atoms. The van der Waals surface area contributed by atoms with E-state index in [0.717, 1.165) is 25.0 Å². The van der Waals surface area contributed by atoms with Gasteiger partial charge in [-0.2, -0.15) is 0 Å². The number of rotatable bonds is 10. The zero-order valence-corrected chi connectivity index (χ0v) is 18.3. The van der Waals surface area contributed by atoms with Crippen molar-refractivity contribution in [3.05, 3.63) is 10.8 Å². The summed E-state index contributed by atoms with van der Waals surface area (Å²) in [5.74, 6) is 1.59. The average molecular weight is 367 g/mol. The third kappa shape index (κ3) is 6.52. The van der Waals surface area contributed by atoms with Crippen LogP contribution in [0.5, 0.6) is 0 Å². The Hall–Kier alpha value is -0.123. The lowest BCUT2D eigenvalue weighted by Gasteiger charge is -2.35. The highest BCUT2D eigenvalue weighted by Crippen LogP contribution is 2.40. The highest BCUT2D eigenvalue weighted by molar-refractivity contribution is 6.54. The first kappa shape index (κ1) is 21.2. The maximum absolute atomic E-state index is 6.31. The van der Waals surface area contributed by atoms with Crippen LogP contribution in [0.3, 0.4) is 0 Å². The molecule has 146 valence electrons. The number of hydrogen-bond acceptors (Lipinski definition) is 2. The summed E-state index contributed by atoms with van der Waals surface area (Å²) in [6, 6.07) is 0. The third-order valence-electron chi connectivity index (χ3n) is 6.20.